The Labute approximate surface area is 499 Å². The largest absolute Gasteiger partial charge is 0.453 e. The molecule has 0 aliphatic carbocycles. The smallest absolute Gasteiger partial charge is 0.338 e. The number of rotatable bonds is 18. The quantitative estimate of drug-likeness (QED) is 0.0624. The standard InChI is InChI=1S/C67H60O20/c1-39-49(79-58(68)42-25-11-4-12-26-42)52(55(65(75)76-39)84-63(73)47-35-21-9-22-36-47)86-67-57(54(83-62(72)46-33-19-8-20-34-46)51(41(3)78-67)81-60(70)44-29-15-6-16-30-44)87-66-56(85-64(74)48-37-23-10-24-38-48)53(82-61(71)45-31-17-7-18-32-45)50(40(2)77-66)80-59(69)43-27-13-5-14-28-43/h4-41,49-57,65-67,75H,1-3H3/t39-,40-,41-,49-,50-,51-,52+,53+,54+,55+,56+,57+,65+,66-,67-/m0/s1. The number of esters is 7. The number of aliphatic hydroxyl groups is 1. The van der Waals surface area contributed by atoms with E-state index in [-0.39, 0.29) is 38.9 Å². The van der Waals surface area contributed by atoms with E-state index < -0.39 is 134 Å². The summed E-state index contributed by atoms with van der Waals surface area (Å²) < 4.78 is 76.9. The van der Waals surface area contributed by atoms with Crippen LogP contribution in [-0.4, -0.2) is 139 Å². The van der Waals surface area contributed by atoms with Gasteiger partial charge in [0.25, 0.3) is 0 Å². The molecule has 0 radical (unpaired) electrons. The van der Waals surface area contributed by atoms with E-state index in [1.54, 1.807) is 127 Å². The van der Waals surface area contributed by atoms with E-state index in [2.05, 4.69) is 0 Å². The second-order valence-corrected chi connectivity index (χ2v) is 20.5. The molecule has 87 heavy (non-hydrogen) atoms. The Kier molecular flexibility index (Phi) is 19.7. The summed E-state index contributed by atoms with van der Waals surface area (Å²) in [4.78, 5) is 100. The highest BCUT2D eigenvalue weighted by atomic mass is 16.8. The summed E-state index contributed by atoms with van der Waals surface area (Å²) >= 11 is 0. The van der Waals surface area contributed by atoms with Gasteiger partial charge in [0.2, 0.25) is 0 Å². The summed E-state index contributed by atoms with van der Waals surface area (Å²) in [5, 5.41) is 11.9. The van der Waals surface area contributed by atoms with Crippen LogP contribution in [0.3, 0.4) is 0 Å². The lowest BCUT2D eigenvalue weighted by Gasteiger charge is -2.50. The Balaban J connectivity index is 1.12. The summed E-state index contributed by atoms with van der Waals surface area (Å²) in [6.45, 7) is 4.43. The first kappa shape index (κ1) is 60.7. The van der Waals surface area contributed by atoms with E-state index in [1.807, 2.05) is 0 Å². The van der Waals surface area contributed by atoms with Crippen molar-refractivity contribution in [2.24, 2.45) is 0 Å². The second kappa shape index (κ2) is 28.2. The molecule has 3 aliphatic rings. The molecule has 15 atom stereocenters. The molecule has 3 heterocycles. The summed E-state index contributed by atoms with van der Waals surface area (Å²) in [5.74, 6) is -6.54. The van der Waals surface area contributed by atoms with E-state index in [4.69, 9.17) is 56.8 Å². The molecule has 0 bridgehead atoms. The molecule has 20 heteroatoms. The molecule has 0 saturated carbocycles. The van der Waals surface area contributed by atoms with E-state index >= 15 is 0 Å². The molecule has 3 aliphatic heterocycles. The maximum Gasteiger partial charge on any atom is 0.338 e. The van der Waals surface area contributed by atoms with E-state index in [0.29, 0.717) is 0 Å². The third-order valence-electron chi connectivity index (χ3n) is 14.6. The summed E-state index contributed by atoms with van der Waals surface area (Å²) in [7, 11) is 0. The van der Waals surface area contributed by atoms with Gasteiger partial charge in [0, 0.05) is 0 Å². The molecule has 448 valence electrons. The Morgan fingerprint density at radius 2 is 0.471 bits per heavy atom. The van der Waals surface area contributed by atoms with Gasteiger partial charge in [-0.25, -0.2) is 33.6 Å². The molecule has 7 aromatic carbocycles. The third-order valence-corrected chi connectivity index (χ3v) is 14.6. The van der Waals surface area contributed by atoms with Crippen molar-refractivity contribution in [2.45, 2.75) is 113 Å². The van der Waals surface area contributed by atoms with Crippen LogP contribution < -0.4 is 0 Å². The maximum atomic E-state index is 14.7. The molecule has 0 aromatic heterocycles. The average molecular weight is 1190 g/mol. The molecule has 3 fully saturated rings. The molecule has 7 aromatic rings. The van der Waals surface area contributed by atoms with Crippen LogP contribution in [0.4, 0.5) is 0 Å². The Morgan fingerprint density at radius 1 is 0.264 bits per heavy atom. The van der Waals surface area contributed by atoms with Crippen molar-refractivity contribution in [1.29, 1.82) is 0 Å². The minimum Gasteiger partial charge on any atom is -0.453 e. The summed E-state index contributed by atoms with van der Waals surface area (Å²) in [6.07, 6.45) is -25.7. The van der Waals surface area contributed by atoms with Crippen molar-refractivity contribution in [3.05, 3.63) is 251 Å². The van der Waals surface area contributed by atoms with Gasteiger partial charge >= 0.3 is 41.8 Å². The number of hydrogen-bond donors (Lipinski definition) is 1. The first-order chi connectivity index (χ1) is 42.2. The fourth-order valence-corrected chi connectivity index (χ4v) is 10.1. The molecular formula is C67H60O20. The van der Waals surface area contributed by atoms with Crippen LogP contribution in [0.1, 0.15) is 93.3 Å². The predicted molar refractivity (Wildman–Crippen MR) is 304 cm³/mol. The van der Waals surface area contributed by atoms with E-state index in [0.717, 1.165) is 0 Å². The minimum absolute atomic E-state index is 0.0128. The maximum absolute atomic E-state index is 14.7. The molecule has 0 spiro atoms. The monoisotopic (exact) mass is 1180 g/mol. The van der Waals surface area contributed by atoms with Gasteiger partial charge in [0.05, 0.1) is 57.3 Å². The van der Waals surface area contributed by atoms with Gasteiger partial charge < -0.3 is 61.9 Å². The predicted octanol–water partition coefficient (Wildman–Crippen LogP) is 8.56. The lowest BCUT2D eigenvalue weighted by Crippen LogP contribution is -2.68. The van der Waals surface area contributed by atoms with Crippen molar-refractivity contribution in [3.63, 3.8) is 0 Å². The van der Waals surface area contributed by atoms with Gasteiger partial charge in [-0.1, -0.05) is 127 Å². The van der Waals surface area contributed by atoms with Crippen LogP contribution in [0, 0.1) is 0 Å². The Morgan fingerprint density at radius 3 is 0.770 bits per heavy atom. The zero-order valence-electron chi connectivity index (χ0n) is 47.1. The van der Waals surface area contributed by atoms with Crippen LogP contribution in [0.25, 0.3) is 0 Å². The highest BCUT2D eigenvalue weighted by Gasteiger charge is 2.59. The molecule has 3 saturated heterocycles. The van der Waals surface area contributed by atoms with E-state index in [9.17, 15) is 38.7 Å². The molecule has 20 nitrogen and oxygen atoms in total. The van der Waals surface area contributed by atoms with Crippen molar-refractivity contribution < 1.29 is 95.5 Å². The molecule has 0 unspecified atom stereocenters. The summed E-state index contributed by atoms with van der Waals surface area (Å²) in [6, 6.07) is 54.8. The number of aliphatic hydroxyl groups excluding tert-OH is 1. The molecular weight excluding hydrogens is 1120 g/mol. The normalized spacial score (nSPS) is 26.8. The third kappa shape index (κ3) is 14.6. The van der Waals surface area contributed by atoms with E-state index in [1.165, 1.54) is 106 Å². The van der Waals surface area contributed by atoms with Gasteiger partial charge in [0.1, 0.15) is 6.10 Å². The van der Waals surface area contributed by atoms with Gasteiger partial charge in [-0.05, 0) is 106 Å². The first-order valence-electron chi connectivity index (χ1n) is 28.0. The van der Waals surface area contributed by atoms with Gasteiger partial charge in [-0.15, -0.1) is 0 Å². The number of ether oxygens (including phenoxy) is 12. The number of hydrogen-bond acceptors (Lipinski definition) is 20. The van der Waals surface area contributed by atoms with Gasteiger partial charge in [0.15, 0.2) is 67.7 Å². The Bertz CT molecular complexity index is 3390. The van der Waals surface area contributed by atoms with Crippen LogP contribution in [0.5, 0.6) is 0 Å². The topological polar surface area (TPSA) is 250 Å². The zero-order chi connectivity index (χ0) is 61.0. The van der Waals surface area contributed by atoms with Crippen molar-refractivity contribution in [2.75, 3.05) is 0 Å². The second-order valence-electron chi connectivity index (χ2n) is 20.5. The average Bonchev–Trinajstić information content (AvgIpc) is 1.71. The van der Waals surface area contributed by atoms with Crippen LogP contribution >= 0.6 is 0 Å². The lowest BCUT2D eigenvalue weighted by atomic mass is 9.95. The lowest BCUT2D eigenvalue weighted by molar-refractivity contribution is -0.379. The van der Waals surface area contributed by atoms with Gasteiger partial charge in [-0.2, -0.15) is 0 Å². The fraction of sp³-hybridized carbons (Fsp3) is 0.269. The van der Waals surface area contributed by atoms with Crippen molar-refractivity contribution in [3.8, 4) is 0 Å². The van der Waals surface area contributed by atoms with Crippen LogP contribution in [-0.2, 0) is 56.8 Å². The van der Waals surface area contributed by atoms with Crippen molar-refractivity contribution >= 4 is 41.8 Å². The highest BCUT2D eigenvalue weighted by Crippen LogP contribution is 2.39. The number of benzene rings is 7. The number of carbonyl (C=O) groups excluding carboxylic acids is 7. The summed E-state index contributed by atoms with van der Waals surface area (Å²) in [5.41, 5.74) is 0.426. The number of carbonyl (C=O) groups is 7. The zero-order valence-corrected chi connectivity index (χ0v) is 47.1. The SMILES string of the molecule is C[C@@H]1O[C@@H](O)[C@H](OC(=O)c2ccccc2)[C@H](O[C@@H]2O[C@@H](C)[C@H](OC(=O)c3ccccc3)[C@@H](OC(=O)c3ccccc3)[C@H]2O[C@@H]2O[C@@H](C)[C@H](OC(=O)c3ccccc3)[C@@H](OC(=O)c3ccccc3)[C@H]2OC(=O)c2ccccc2)[C@H]1OC(=O)c1ccccc1. The molecule has 1 N–H and O–H groups in total. The fourth-order valence-electron chi connectivity index (χ4n) is 10.1. The first-order valence-corrected chi connectivity index (χ1v) is 28.0. The van der Waals surface area contributed by atoms with Gasteiger partial charge in [-0.3, -0.25) is 0 Å². The van der Waals surface area contributed by atoms with Crippen LogP contribution in [0.15, 0.2) is 212 Å². The Hall–Kier alpha value is -9.41. The molecule has 0 amide bonds. The molecule has 10 rings (SSSR count). The minimum atomic E-state index is -1.98. The van der Waals surface area contributed by atoms with Crippen LogP contribution in [0.2, 0.25) is 0 Å². The highest BCUT2D eigenvalue weighted by molar-refractivity contribution is 5.93. The van der Waals surface area contributed by atoms with Crippen molar-refractivity contribution in [1.82, 2.24) is 0 Å².